The second kappa shape index (κ2) is 5.67. The predicted molar refractivity (Wildman–Crippen MR) is 73.2 cm³/mol. The minimum atomic E-state index is 0.384. The summed E-state index contributed by atoms with van der Waals surface area (Å²) in [6, 6.07) is 7.49. The molecule has 0 bridgehead atoms. The SMILES string of the molecule is COc1ccc(-c2cc(CN)nc(C)n2)c(OC)c1. The van der Waals surface area contributed by atoms with Crippen molar-refractivity contribution in [2.45, 2.75) is 13.5 Å². The van der Waals surface area contributed by atoms with Crippen LogP contribution >= 0.6 is 0 Å². The highest BCUT2D eigenvalue weighted by atomic mass is 16.5. The summed E-state index contributed by atoms with van der Waals surface area (Å²) in [5.41, 5.74) is 8.14. The van der Waals surface area contributed by atoms with Gasteiger partial charge in [-0.25, -0.2) is 9.97 Å². The van der Waals surface area contributed by atoms with E-state index in [-0.39, 0.29) is 0 Å². The van der Waals surface area contributed by atoms with Gasteiger partial charge in [0.2, 0.25) is 0 Å². The van der Waals surface area contributed by atoms with E-state index in [1.807, 2.05) is 31.2 Å². The van der Waals surface area contributed by atoms with E-state index in [2.05, 4.69) is 9.97 Å². The average molecular weight is 259 g/mol. The number of ether oxygens (including phenoxy) is 2. The molecule has 19 heavy (non-hydrogen) atoms. The molecule has 2 N–H and O–H groups in total. The van der Waals surface area contributed by atoms with Gasteiger partial charge in [-0.15, -0.1) is 0 Å². The highest BCUT2D eigenvalue weighted by Gasteiger charge is 2.10. The van der Waals surface area contributed by atoms with Crippen molar-refractivity contribution in [3.63, 3.8) is 0 Å². The first-order valence-electron chi connectivity index (χ1n) is 5.95. The Morgan fingerprint density at radius 2 is 1.89 bits per heavy atom. The Morgan fingerprint density at radius 3 is 2.53 bits per heavy atom. The number of rotatable bonds is 4. The van der Waals surface area contributed by atoms with E-state index in [1.165, 1.54) is 0 Å². The molecule has 0 saturated carbocycles. The third kappa shape index (κ3) is 2.82. The van der Waals surface area contributed by atoms with Crippen molar-refractivity contribution >= 4 is 0 Å². The molecule has 0 fully saturated rings. The van der Waals surface area contributed by atoms with E-state index in [0.717, 1.165) is 22.7 Å². The lowest BCUT2D eigenvalue weighted by Gasteiger charge is -2.11. The summed E-state index contributed by atoms with van der Waals surface area (Å²) in [5, 5.41) is 0. The van der Waals surface area contributed by atoms with Gasteiger partial charge in [0.25, 0.3) is 0 Å². The minimum Gasteiger partial charge on any atom is -0.497 e. The number of hydrogen-bond donors (Lipinski definition) is 1. The smallest absolute Gasteiger partial charge is 0.131 e. The zero-order valence-electron chi connectivity index (χ0n) is 11.3. The number of aryl methyl sites for hydroxylation is 1. The molecule has 0 aliphatic carbocycles. The first-order chi connectivity index (χ1) is 9.17. The Hall–Kier alpha value is -2.14. The van der Waals surface area contributed by atoms with E-state index in [1.54, 1.807) is 14.2 Å². The molecule has 0 radical (unpaired) electrons. The fourth-order valence-electron chi connectivity index (χ4n) is 1.88. The molecule has 0 unspecified atom stereocenters. The van der Waals surface area contributed by atoms with Gasteiger partial charge in [-0.2, -0.15) is 0 Å². The number of hydrogen-bond acceptors (Lipinski definition) is 5. The quantitative estimate of drug-likeness (QED) is 0.908. The minimum absolute atomic E-state index is 0.384. The van der Waals surface area contributed by atoms with Gasteiger partial charge in [0, 0.05) is 18.2 Å². The molecule has 0 atom stereocenters. The van der Waals surface area contributed by atoms with Crippen LogP contribution in [0.4, 0.5) is 0 Å². The predicted octanol–water partition coefficient (Wildman–Crippen LogP) is 1.93. The summed E-state index contributed by atoms with van der Waals surface area (Å²) in [7, 11) is 3.24. The van der Waals surface area contributed by atoms with Crippen LogP contribution in [0.5, 0.6) is 11.5 Å². The van der Waals surface area contributed by atoms with Crippen molar-refractivity contribution in [1.82, 2.24) is 9.97 Å². The molecule has 0 saturated heterocycles. The summed E-state index contributed by atoms with van der Waals surface area (Å²) in [6.07, 6.45) is 0. The number of nitrogens with zero attached hydrogens (tertiary/aromatic N) is 2. The first kappa shape index (κ1) is 13.3. The van der Waals surface area contributed by atoms with Crippen molar-refractivity contribution in [3.8, 4) is 22.8 Å². The molecular weight excluding hydrogens is 242 g/mol. The van der Waals surface area contributed by atoms with Gasteiger partial charge in [-0.05, 0) is 25.1 Å². The molecule has 1 aromatic carbocycles. The summed E-state index contributed by atoms with van der Waals surface area (Å²) >= 11 is 0. The lowest BCUT2D eigenvalue weighted by atomic mass is 10.1. The molecule has 1 aromatic heterocycles. The van der Waals surface area contributed by atoms with Gasteiger partial charge >= 0.3 is 0 Å². The average Bonchev–Trinajstić information content (AvgIpc) is 2.45. The second-order valence-corrected chi connectivity index (χ2v) is 4.06. The monoisotopic (exact) mass is 259 g/mol. The third-order valence-electron chi connectivity index (χ3n) is 2.78. The van der Waals surface area contributed by atoms with Crippen LogP contribution in [0.1, 0.15) is 11.5 Å². The Morgan fingerprint density at radius 1 is 1.11 bits per heavy atom. The fraction of sp³-hybridized carbons (Fsp3) is 0.286. The molecule has 100 valence electrons. The Bertz CT molecular complexity index is 585. The fourth-order valence-corrected chi connectivity index (χ4v) is 1.88. The molecular formula is C14H17N3O2. The topological polar surface area (TPSA) is 70.3 Å². The molecule has 5 heteroatoms. The molecule has 0 aliphatic heterocycles. The number of nitrogens with two attached hydrogens (primary N) is 1. The lowest BCUT2D eigenvalue weighted by molar-refractivity contribution is 0.395. The summed E-state index contributed by atoms with van der Waals surface area (Å²) in [4.78, 5) is 8.69. The van der Waals surface area contributed by atoms with Gasteiger partial charge < -0.3 is 15.2 Å². The standard InChI is InChI=1S/C14H17N3O2/c1-9-16-10(8-15)6-13(17-9)12-5-4-11(18-2)7-14(12)19-3/h4-7H,8,15H2,1-3H3. The summed E-state index contributed by atoms with van der Waals surface area (Å²) < 4.78 is 10.6. The van der Waals surface area contributed by atoms with Gasteiger partial charge in [-0.1, -0.05) is 0 Å². The highest BCUT2D eigenvalue weighted by Crippen LogP contribution is 2.32. The molecule has 2 rings (SSSR count). The maximum atomic E-state index is 5.64. The van der Waals surface area contributed by atoms with Crippen LogP contribution in [0.3, 0.4) is 0 Å². The molecule has 0 aliphatic rings. The maximum Gasteiger partial charge on any atom is 0.131 e. The summed E-state index contributed by atoms with van der Waals surface area (Å²) in [6.45, 7) is 2.23. The lowest BCUT2D eigenvalue weighted by Crippen LogP contribution is -2.03. The zero-order chi connectivity index (χ0) is 13.8. The van der Waals surface area contributed by atoms with Crippen molar-refractivity contribution in [2.75, 3.05) is 14.2 Å². The van der Waals surface area contributed by atoms with Crippen LogP contribution in [0.15, 0.2) is 24.3 Å². The molecule has 5 nitrogen and oxygen atoms in total. The number of aromatic nitrogens is 2. The maximum absolute atomic E-state index is 5.64. The molecule has 1 heterocycles. The Balaban J connectivity index is 2.54. The van der Waals surface area contributed by atoms with Crippen LogP contribution in [0.25, 0.3) is 11.3 Å². The van der Waals surface area contributed by atoms with Crippen LogP contribution in [0.2, 0.25) is 0 Å². The van der Waals surface area contributed by atoms with Crippen molar-refractivity contribution < 1.29 is 9.47 Å². The normalized spacial score (nSPS) is 10.3. The highest BCUT2D eigenvalue weighted by molar-refractivity contribution is 5.68. The first-order valence-corrected chi connectivity index (χ1v) is 5.95. The van der Waals surface area contributed by atoms with Crippen LogP contribution < -0.4 is 15.2 Å². The van der Waals surface area contributed by atoms with Gasteiger partial charge in [0.05, 0.1) is 25.6 Å². The van der Waals surface area contributed by atoms with Gasteiger partial charge in [0.1, 0.15) is 17.3 Å². The number of benzene rings is 1. The molecule has 0 amide bonds. The third-order valence-corrected chi connectivity index (χ3v) is 2.78. The van der Waals surface area contributed by atoms with E-state index < -0.39 is 0 Å². The van der Waals surface area contributed by atoms with E-state index in [4.69, 9.17) is 15.2 Å². The van der Waals surface area contributed by atoms with Crippen molar-refractivity contribution in [2.24, 2.45) is 5.73 Å². The second-order valence-electron chi connectivity index (χ2n) is 4.06. The number of methoxy groups -OCH3 is 2. The van der Waals surface area contributed by atoms with Crippen LogP contribution in [-0.2, 0) is 6.54 Å². The van der Waals surface area contributed by atoms with E-state index in [0.29, 0.717) is 18.1 Å². The van der Waals surface area contributed by atoms with Gasteiger partial charge in [-0.3, -0.25) is 0 Å². The molecule has 0 spiro atoms. The van der Waals surface area contributed by atoms with E-state index >= 15 is 0 Å². The van der Waals surface area contributed by atoms with Crippen molar-refractivity contribution in [1.29, 1.82) is 0 Å². The van der Waals surface area contributed by atoms with Crippen molar-refractivity contribution in [3.05, 3.63) is 35.8 Å². The summed E-state index contributed by atoms with van der Waals surface area (Å²) in [5.74, 6) is 2.14. The zero-order valence-corrected chi connectivity index (χ0v) is 11.3. The largest absolute Gasteiger partial charge is 0.497 e. The Labute approximate surface area is 112 Å². The Kier molecular flexibility index (Phi) is 3.97. The van der Waals surface area contributed by atoms with Crippen LogP contribution in [0, 0.1) is 6.92 Å². The van der Waals surface area contributed by atoms with E-state index in [9.17, 15) is 0 Å². The van der Waals surface area contributed by atoms with Crippen LogP contribution in [-0.4, -0.2) is 24.2 Å². The molecule has 2 aromatic rings. The van der Waals surface area contributed by atoms with Gasteiger partial charge in [0.15, 0.2) is 0 Å².